The van der Waals surface area contributed by atoms with Gasteiger partial charge in [0.05, 0.1) is 26.4 Å². The van der Waals surface area contributed by atoms with Crippen LogP contribution in [-0.2, 0) is 39.9 Å². The van der Waals surface area contributed by atoms with Gasteiger partial charge in [0.2, 0.25) is 0 Å². The first-order valence-electron chi connectivity index (χ1n) is 28.4. The van der Waals surface area contributed by atoms with Crippen molar-refractivity contribution in [1.82, 2.24) is 0 Å². The molecule has 424 valence electrons. The van der Waals surface area contributed by atoms with E-state index in [2.05, 4.69) is 43.6 Å². The zero-order valence-electron chi connectivity index (χ0n) is 48.9. The molecule has 8 bridgehead atoms. The zero-order chi connectivity index (χ0) is 56.3. The van der Waals surface area contributed by atoms with Gasteiger partial charge in [-0.05, 0) is 137 Å². The molecule has 0 aromatic heterocycles. The predicted octanol–water partition coefficient (Wildman–Crippen LogP) is 16.3. The third kappa shape index (κ3) is 20.5. The molecule has 5 N–H and O–H groups in total. The van der Waals surface area contributed by atoms with E-state index >= 15 is 0 Å². The minimum atomic E-state index is -0.767. The van der Waals surface area contributed by atoms with Gasteiger partial charge in [0.25, 0.3) is 0 Å². The highest BCUT2D eigenvalue weighted by Crippen LogP contribution is 2.43. The summed E-state index contributed by atoms with van der Waals surface area (Å²) in [5, 5.41) is 9.15. The average Bonchev–Trinajstić information content (AvgIpc) is 3.30. The lowest BCUT2D eigenvalue weighted by molar-refractivity contribution is 0.0624. The maximum atomic E-state index is 13.7. The van der Waals surface area contributed by atoms with E-state index in [0.717, 1.165) is 122 Å². The highest BCUT2D eigenvalue weighted by atomic mass is 16.6. The first-order valence-corrected chi connectivity index (χ1v) is 28.4. The first kappa shape index (κ1) is 61.5. The Morgan fingerprint density at radius 3 is 0.779 bits per heavy atom. The highest BCUT2D eigenvalue weighted by molar-refractivity contribution is 5.87. The van der Waals surface area contributed by atoms with Crippen molar-refractivity contribution in [3.8, 4) is 23.0 Å². The Morgan fingerprint density at radius 2 is 0.584 bits per heavy atom. The quantitative estimate of drug-likeness (QED) is 0.0278. The summed E-state index contributed by atoms with van der Waals surface area (Å²) in [5.74, 6) is 2.66. The molecular weight excluding hydrogens is 973 g/mol. The summed E-state index contributed by atoms with van der Waals surface area (Å²) in [4.78, 5) is 41.1. The number of carbonyl (C=O) groups excluding carboxylic acids is 3. The molecule has 14 nitrogen and oxygen atoms in total. The molecule has 0 fully saturated rings. The van der Waals surface area contributed by atoms with Crippen LogP contribution < -0.4 is 40.6 Å². The van der Waals surface area contributed by atoms with Crippen LogP contribution in [0.2, 0.25) is 0 Å². The van der Waals surface area contributed by atoms with Crippen molar-refractivity contribution in [2.75, 3.05) is 48.1 Å². The molecule has 77 heavy (non-hydrogen) atoms. The molecule has 3 amide bonds. The summed E-state index contributed by atoms with van der Waals surface area (Å²) in [6.07, 6.45) is 10.6. The highest BCUT2D eigenvalue weighted by Gasteiger charge is 2.27. The largest absolute Gasteiger partial charge is 0.493 e. The summed E-state index contributed by atoms with van der Waals surface area (Å²) in [5.41, 5.74) is 13.1. The third-order valence-electron chi connectivity index (χ3n) is 12.4. The molecule has 1 aliphatic carbocycles. The van der Waals surface area contributed by atoms with E-state index in [9.17, 15) is 14.4 Å². The third-order valence-corrected chi connectivity index (χ3v) is 12.4. The number of unbranched alkanes of at least 4 members (excludes halogenated alkanes) is 8. The maximum absolute atomic E-state index is 13.7. The second kappa shape index (κ2) is 28.9. The van der Waals surface area contributed by atoms with Gasteiger partial charge in [0.1, 0.15) is 39.8 Å². The van der Waals surface area contributed by atoms with E-state index in [1.54, 1.807) is 0 Å². The fourth-order valence-corrected chi connectivity index (χ4v) is 9.24. The molecule has 4 aromatic carbocycles. The Balaban J connectivity index is 1.95. The van der Waals surface area contributed by atoms with Crippen LogP contribution in [0.25, 0.3) is 0 Å². The standard InChI is InChI=1S/C63H92N4O10/c1-14-18-22-26-71-54-42-30-44-36-51(65-58(68)75-61(5,6)7)38-46(55(44)72-27-23-19-15-2)32-48-40-53(67-60(70)77-63(11,12)13)41-49(57(48)74-29-25-21-17-4)33-47-39-52(66-59(69)76-62(8,9)10)37-45(31-43(54)35-50(64)34-42)56(47)73-28-24-20-16-3/h34-41H,14-33,64H2,1-13H3,(H,65,68)(H,66,69)(H,67,70). The van der Waals surface area contributed by atoms with Crippen LogP contribution in [0.15, 0.2) is 48.5 Å². The van der Waals surface area contributed by atoms with E-state index in [-0.39, 0.29) is 12.8 Å². The van der Waals surface area contributed by atoms with Gasteiger partial charge in [-0.25, -0.2) is 14.4 Å². The lowest BCUT2D eigenvalue weighted by Gasteiger charge is -2.25. The molecule has 0 saturated carbocycles. The van der Waals surface area contributed by atoms with E-state index in [1.165, 1.54) is 0 Å². The fourth-order valence-electron chi connectivity index (χ4n) is 9.24. The number of hydrogen-bond acceptors (Lipinski definition) is 11. The number of fused-ring (bicyclic) bond motifs is 8. The Morgan fingerprint density at radius 1 is 0.377 bits per heavy atom. The Labute approximate surface area is 460 Å². The number of benzene rings is 4. The van der Waals surface area contributed by atoms with Crippen LogP contribution in [0.1, 0.15) is 212 Å². The summed E-state index contributed by atoms with van der Waals surface area (Å²) < 4.78 is 45.3. The maximum Gasteiger partial charge on any atom is 0.412 e. The van der Waals surface area contributed by atoms with Crippen molar-refractivity contribution in [2.45, 2.75) is 210 Å². The lowest BCUT2D eigenvalue weighted by atomic mass is 9.90. The number of nitrogens with two attached hydrogens (primary N) is 1. The van der Waals surface area contributed by atoms with Crippen LogP contribution in [0.5, 0.6) is 23.0 Å². The Hall–Kier alpha value is -6.31. The number of nitrogen functional groups attached to an aromatic ring is 1. The van der Waals surface area contributed by atoms with Gasteiger partial charge < -0.3 is 38.9 Å². The lowest BCUT2D eigenvalue weighted by Crippen LogP contribution is -2.27. The van der Waals surface area contributed by atoms with Crippen LogP contribution in [0.3, 0.4) is 0 Å². The van der Waals surface area contributed by atoms with Gasteiger partial charge in [-0.2, -0.15) is 0 Å². The topological polar surface area (TPSA) is 178 Å². The van der Waals surface area contributed by atoms with Crippen LogP contribution >= 0.6 is 0 Å². The van der Waals surface area contributed by atoms with Crippen molar-refractivity contribution in [2.24, 2.45) is 0 Å². The summed E-state index contributed by atoms with van der Waals surface area (Å²) in [7, 11) is 0. The SMILES string of the molecule is CCCCCOc1c2cc(N)cc1Cc1cc(NC(=O)OC(C)(C)C)cc(c1OCCCCC)Cc1cc(NC(=O)OC(C)(C)C)cc(c1OCCCCC)Cc1cc(NC(=O)OC(C)(C)C)cc(c1OCCCCC)C2. The molecule has 1 aliphatic rings. The number of nitrogens with one attached hydrogen (secondary N) is 3. The van der Waals surface area contributed by atoms with Gasteiger partial charge in [-0.3, -0.25) is 16.0 Å². The van der Waals surface area contributed by atoms with Crippen molar-refractivity contribution in [3.63, 3.8) is 0 Å². The number of amides is 3. The van der Waals surface area contributed by atoms with Crippen molar-refractivity contribution in [1.29, 1.82) is 0 Å². The molecule has 0 radical (unpaired) electrons. The molecular formula is C63H92N4O10. The van der Waals surface area contributed by atoms with E-state index < -0.39 is 35.1 Å². The van der Waals surface area contributed by atoms with Gasteiger partial charge in [-0.15, -0.1) is 0 Å². The Kier molecular flexibility index (Phi) is 23.1. The molecule has 5 rings (SSSR count). The van der Waals surface area contributed by atoms with E-state index in [0.29, 0.717) is 85.0 Å². The van der Waals surface area contributed by atoms with Crippen LogP contribution in [-0.4, -0.2) is 61.5 Å². The summed E-state index contributed by atoms with van der Waals surface area (Å²) in [6.45, 7) is 26.9. The summed E-state index contributed by atoms with van der Waals surface area (Å²) in [6, 6.07) is 15.6. The van der Waals surface area contributed by atoms with Crippen molar-refractivity contribution in [3.05, 3.63) is 93.0 Å². The number of rotatable bonds is 23. The second-order valence-electron chi connectivity index (χ2n) is 23.3. The van der Waals surface area contributed by atoms with Crippen molar-refractivity contribution < 1.29 is 47.5 Å². The normalized spacial score (nSPS) is 12.5. The monoisotopic (exact) mass is 1060 g/mol. The molecule has 0 unspecified atom stereocenters. The number of hydrogen-bond donors (Lipinski definition) is 4. The van der Waals surface area contributed by atoms with E-state index in [1.807, 2.05) is 111 Å². The second-order valence-corrected chi connectivity index (χ2v) is 23.3. The van der Waals surface area contributed by atoms with E-state index in [4.69, 9.17) is 38.9 Å². The predicted molar refractivity (Wildman–Crippen MR) is 311 cm³/mol. The minimum Gasteiger partial charge on any atom is -0.493 e. The van der Waals surface area contributed by atoms with Crippen molar-refractivity contribution >= 4 is 41.0 Å². The molecule has 0 saturated heterocycles. The number of carbonyl (C=O) groups is 3. The average molecular weight is 1070 g/mol. The van der Waals surface area contributed by atoms with Crippen LogP contribution in [0.4, 0.5) is 37.1 Å². The molecule has 0 atom stereocenters. The smallest absolute Gasteiger partial charge is 0.412 e. The molecule has 0 heterocycles. The molecule has 0 aliphatic heterocycles. The zero-order valence-corrected chi connectivity index (χ0v) is 48.9. The molecule has 0 spiro atoms. The molecule has 4 aromatic rings. The number of ether oxygens (including phenoxy) is 7. The van der Waals surface area contributed by atoms with Gasteiger partial charge in [0, 0.05) is 92.9 Å². The van der Waals surface area contributed by atoms with Gasteiger partial charge >= 0.3 is 18.3 Å². The van der Waals surface area contributed by atoms with Crippen LogP contribution in [0, 0.1) is 0 Å². The Bertz CT molecular complexity index is 2450. The van der Waals surface area contributed by atoms with Gasteiger partial charge in [-0.1, -0.05) is 79.1 Å². The van der Waals surface area contributed by atoms with Gasteiger partial charge in [0.15, 0.2) is 0 Å². The minimum absolute atomic E-state index is 0.258. The molecule has 14 heteroatoms. The number of anilines is 4. The fraction of sp³-hybridized carbons (Fsp3) is 0.571. The summed E-state index contributed by atoms with van der Waals surface area (Å²) >= 11 is 0. The first-order chi connectivity index (χ1) is 36.5.